The predicted molar refractivity (Wildman–Crippen MR) is 207 cm³/mol. The molecule has 2 fully saturated rings. The molecule has 2 nitrogen and oxygen atoms in total. The first-order valence-electron chi connectivity index (χ1n) is 21.8. The zero-order valence-electron chi connectivity index (χ0n) is 32.8. The van der Waals surface area contributed by atoms with Crippen molar-refractivity contribution in [2.24, 2.45) is 64.2 Å². The minimum absolute atomic E-state index is 0.518. The van der Waals surface area contributed by atoms with Crippen molar-refractivity contribution in [2.45, 2.75) is 215 Å². The standard InChI is InChI=1S/C44H88N2/c1-7-10-21-28-38-36(4)35-42-40(30-24-18-14-16-20-27-34-46)39(29-23-17-13-15-19-26-33-45)37(5)44(6,32-25-12-9-3)43(42)41(38)31-22-11-8-2/h36-43H,7-35,45-46H2,1-6H3. The zero-order valence-corrected chi connectivity index (χ0v) is 32.8. The topological polar surface area (TPSA) is 52.0 Å². The molecular weight excluding hydrogens is 556 g/mol. The van der Waals surface area contributed by atoms with Gasteiger partial charge in [-0.25, -0.2) is 0 Å². The molecule has 2 saturated carbocycles. The molecule has 2 heteroatoms. The highest BCUT2D eigenvalue weighted by molar-refractivity contribution is 5.07. The van der Waals surface area contributed by atoms with E-state index in [1.54, 1.807) is 6.42 Å². The Kier molecular flexibility index (Phi) is 22.8. The Morgan fingerprint density at radius 2 is 0.891 bits per heavy atom. The highest BCUT2D eigenvalue weighted by Crippen LogP contribution is 2.65. The summed E-state index contributed by atoms with van der Waals surface area (Å²) in [6, 6.07) is 0. The molecule has 0 radical (unpaired) electrons. The third-order valence-corrected chi connectivity index (χ3v) is 14.0. The van der Waals surface area contributed by atoms with Crippen LogP contribution in [0.3, 0.4) is 0 Å². The van der Waals surface area contributed by atoms with E-state index in [2.05, 4.69) is 41.5 Å². The Hall–Kier alpha value is -0.0800. The summed E-state index contributed by atoms with van der Waals surface area (Å²) in [6.07, 6.45) is 38.4. The monoisotopic (exact) mass is 645 g/mol. The predicted octanol–water partition coefficient (Wildman–Crippen LogP) is 13.5. The molecule has 0 saturated heterocycles. The number of hydrogen-bond donors (Lipinski definition) is 2. The van der Waals surface area contributed by atoms with Crippen LogP contribution in [0.15, 0.2) is 0 Å². The minimum Gasteiger partial charge on any atom is -0.330 e. The maximum Gasteiger partial charge on any atom is -0.00773 e. The average molecular weight is 645 g/mol. The Balaban J connectivity index is 2.39. The number of unbranched alkanes of at least 4 members (excludes halogenated alkanes) is 16. The van der Waals surface area contributed by atoms with Crippen LogP contribution in [0.5, 0.6) is 0 Å². The van der Waals surface area contributed by atoms with Crippen LogP contribution < -0.4 is 11.5 Å². The van der Waals surface area contributed by atoms with Crippen LogP contribution >= 0.6 is 0 Å². The summed E-state index contributed by atoms with van der Waals surface area (Å²) in [5.41, 5.74) is 12.1. The Morgan fingerprint density at radius 1 is 0.478 bits per heavy atom. The van der Waals surface area contributed by atoms with Crippen LogP contribution in [0.25, 0.3) is 0 Å². The summed E-state index contributed by atoms with van der Waals surface area (Å²) < 4.78 is 0. The van der Waals surface area contributed by atoms with Crippen LogP contribution in [0.4, 0.5) is 0 Å². The van der Waals surface area contributed by atoms with Crippen molar-refractivity contribution in [3.8, 4) is 0 Å². The second-order valence-corrected chi connectivity index (χ2v) is 17.2. The van der Waals surface area contributed by atoms with Gasteiger partial charge in [0.1, 0.15) is 0 Å². The van der Waals surface area contributed by atoms with Gasteiger partial charge >= 0.3 is 0 Å². The molecule has 9 atom stereocenters. The third-order valence-electron chi connectivity index (χ3n) is 14.0. The maximum atomic E-state index is 5.80. The second kappa shape index (κ2) is 25.0. The second-order valence-electron chi connectivity index (χ2n) is 17.2. The van der Waals surface area contributed by atoms with E-state index in [0.717, 1.165) is 60.4 Å². The summed E-state index contributed by atoms with van der Waals surface area (Å²) in [4.78, 5) is 0. The lowest BCUT2D eigenvalue weighted by atomic mass is 9.41. The molecule has 46 heavy (non-hydrogen) atoms. The molecular formula is C44H88N2. The van der Waals surface area contributed by atoms with Crippen molar-refractivity contribution in [2.75, 3.05) is 13.1 Å². The number of rotatable bonds is 28. The van der Waals surface area contributed by atoms with E-state index in [-0.39, 0.29) is 0 Å². The van der Waals surface area contributed by atoms with Crippen molar-refractivity contribution >= 4 is 0 Å². The molecule has 0 heterocycles. The molecule has 274 valence electrons. The molecule has 2 aliphatic rings. The van der Waals surface area contributed by atoms with E-state index in [1.165, 1.54) is 167 Å². The molecule has 0 aromatic carbocycles. The molecule has 0 amide bonds. The van der Waals surface area contributed by atoms with E-state index in [9.17, 15) is 0 Å². The minimum atomic E-state index is 0.518. The fourth-order valence-corrected chi connectivity index (χ4v) is 11.3. The Morgan fingerprint density at radius 3 is 1.41 bits per heavy atom. The number of nitrogens with two attached hydrogens (primary N) is 2. The molecule has 9 unspecified atom stereocenters. The van der Waals surface area contributed by atoms with Gasteiger partial charge in [-0.15, -0.1) is 0 Å². The largest absolute Gasteiger partial charge is 0.330 e. The Labute approximate surface area is 291 Å². The third kappa shape index (κ3) is 13.3. The lowest BCUT2D eigenvalue weighted by molar-refractivity contribution is -0.159. The van der Waals surface area contributed by atoms with Crippen LogP contribution in [-0.4, -0.2) is 13.1 Å². The van der Waals surface area contributed by atoms with Gasteiger partial charge in [-0.05, 0) is 117 Å². The van der Waals surface area contributed by atoms with Crippen LogP contribution in [0, 0.1) is 52.8 Å². The average Bonchev–Trinajstić information content (AvgIpc) is 3.04. The first-order valence-corrected chi connectivity index (χ1v) is 21.8. The van der Waals surface area contributed by atoms with Crippen LogP contribution in [0.2, 0.25) is 0 Å². The van der Waals surface area contributed by atoms with Crippen LogP contribution in [-0.2, 0) is 0 Å². The van der Waals surface area contributed by atoms with Gasteiger partial charge in [-0.1, -0.05) is 164 Å². The van der Waals surface area contributed by atoms with Crippen molar-refractivity contribution in [1.29, 1.82) is 0 Å². The molecule has 0 aromatic rings. The normalized spacial score (nSPS) is 31.3. The van der Waals surface area contributed by atoms with Gasteiger partial charge in [0.25, 0.3) is 0 Å². The summed E-state index contributed by atoms with van der Waals surface area (Å²) >= 11 is 0. The van der Waals surface area contributed by atoms with E-state index in [1.807, 2.05) is 0 Å². The summed E-state index contributed by atoms with van der Waals surface area (Å²) in [7, 11) is 0. The SMILES string of the molecule is CCCCCC1C(C)CC2C(CCCCCCCCN)C(CCCCCCCCN)C(C)C(C)(CCCCC)C2C1CCCCC. The van der Waals surface area contributed by atoms with Crippen LogP contribution in [0.1, 0.15) is 215 Å². The van der Waals surface area contributed by atoms with Gasteiger partial charge in [-0.3, -0.25) is 0 Å². The van der Waals surface area contributed by atoms with Gasteiger partial charge < -0.3 is 11.5 Å². The van der Waals surface area contributed by atoms with Crippen molar-refractivity contribution in [1.82, 2.24) is 0 Å². The van der Waals surface area contributed by atoms with Gasteiger partial charge in [0.15, 0.2) is 0 Å². The van der Waals surface area contributed by atoms with Gasteiger partial charge in [0, 0.05) is 0 Å². The fourth-order valence-electron chi connectivity index (χ4n) is 11.3. The molecule has 0 spiro atoms. The van der Waals surface area contributed by atoms with Crippen molar-refractivity contribution in [3.63, 3.8) is 0 Å². The highest BCUT2D eigenvalue weighted by atomic mass is 14.6. The number of hydrogen-bond acceptors (Lipinski definition) is 2. The first kappa shape index (κ1) is 42.1. The molecule has 2 aliphatic carbocycles. The molecule has 0 aromatic heterocycles. The fraction of sp³-hybridized carbons (Fsp3) is 1.00. The highest BCUT2D eigenvalue weighted by Gasteiger charge is 2.59. The molecule has 0 aliphatic heterocycles. The van der Waals surface area contributed by atoms with E-state index < -0.39 is 0 Å². The molecule has 4 N–H and O–H groups in total. The van der Waals surface area contributed by atoms with E-state index >= 15 is 0 Å². The molecule has 0 bridgehead atoms. The van der Waals surface area contributed by atoms with Gasteiger partial charge in [0.2, 0.25) is 0 Å². The quantitative estimate of drug-likeness (QED) is 0.0833. The van der Waals surface area contributed by atoms with E-state index in [0.29, 0.717) is 5.41 Å². The van der Waals surface area contributed by atoms with Gasteiger partial charge in [-0.2, -0.15) is 0 Å². The van der Waals surface area contributed by atoms with Crippen molar-refractivity contribution < 1.29 is 0 Å². The van der Waals surface area contributed by atoms with E-state index in [4.69, 9.17) is 11.5 Å². The number of fused-ring (bicyclic) bond motifs is 1. The van der Waals surface area contributed by atoms with Crippen molar-refractivity contribution in [3.05, 3.63) is 0 Å². The lowest BCUT2D eigenvalue weighted by Crippen LogP contribution is -2.58. The Bertz CT molecular complexity index is 706. The summed E-state index contributed by atoms with van der Waals surface area (Å²) in [5, 5.41) is 0. The zero-order chi connectivity index (χ0) is 33.6. The first-order chi connectivity index (χ1) is 22.4. The lowest BCUT2D eigenvalue weighted by Gasteiger charge is -2.64. The summed E-state index contributed by atoms with van der Waals surface area (Å²) in [5.74, 6) is 7.56. The molecule has 2 rings (SSSR count). The summed E-state index contributed by atoms with van der Waals surface area (Å²) in [6.45, 7) is 17.3. The van der Waals surface area contributed by atoms with Gasteiger partial charge in [0.05, 0.1) is 0 Å². The maximum absolute atomic E-state index is 5.80. The smallest absolute Gasteiger partial charge is 0.00773 e.